The second-order valence-electron chi connectivity index (χ2n) is 23.8. The van der Waals surface area contributed by atoms with Gasteiger partial charge in [0.25, 0.3) is 77.7 Å². The van der Waals surface area contributed by atoms with E-state index in [4.69, 9.17) is 64.2 Å². The summed E-state index contributed by atoms with van der Waals surface area (Å²) in [4.78, 5) is 237. The van der Waals surface area contributed by atoms with E-state index in [9.17, 15) is 131 Å². The van der Waals surface area contributed by atoms with E-state index in [-0.39, 0.29) is 196 Å². The molecule has 666 valence electrons. The smallest absolute Gasteiger partial charge is 0.337 e. The largest absolute Gasteiger partial charge is 0.478 e. The van der Waals surface area contributed by atoms with E-state index in [1.54, 1.807) is 24.3 Å². The van der Waals surface area contributed by atoms with Crippen LogP contribution in [-0.4, -0.2) is 199 Å². The minimum Gasteiger partial charge on any atom is -0.478 e. The Bertz CT molecular complexity index is 6130. The van der Waals surface area contributed by atoms with E-state index in [0.717, 1.165) is 48.5 Å². The van der Waals surface area contributed by atoms with Crippen LogP contribution >= 0.6 is 0 Å². The molecule has 0 aliphatic heterocycles. The lowest BCUT2D eigenvalue weighted by atomic mass is 9.97. The molecule has 0 saturated carbocycles. The number of aliphatic hydroxyl groups is 2. The van der Waals surface area contributed by atoms with Crippen LogP contribution in [0.15, 0.2) is 158 Å². The maximum atomic E-state index is 11.4. The van der Waals surface area contributed by atoms with Gasteiger partial charge in [-0.3, -0.25) is 57.5 Å². The summed E-state index contributed by atoms with van der Waals surface area (Å²) in [6, 6.07) is 33.6. The molecule has 0 aromatic heterocycles. The molecule has 0 amide bonds. The van der Waals surface area contributed by atoms with Crippen LogP contribution in [0.3, 0.4) is 0 Å². The number of aliphatic hydroxyl groups excluding tert-OH is 2. The van der Waals surface area contributed by atoms with Crippen molar-refractivity contribution in [1.82, 2.24) is 0 Å². The quantitative estimate of drug-likeness (QED) is 0.0169. The summed E-state index contributed by atoms with van der Waals surface area (Å²) in [7, 11) is 0. The summed E-state index contributed by atoms with van der Waals surface area (Å²) in [5, 5.41) is 110. The Morgan fingerprint density at radius 3 is 0.892 bits per heavy atom. The maximum Gasteiger partial charge on any atom is 0.337 e. The number of hydrogen-bond acceptors (Lipinski definition) is 36. The molecule has 130 heavy (non-hydrogen) atoms. The normalized spacial score (nSPS) is 9.89. The van der Waals surface area contributed by atoms with Crippen LogP contribution in [0, 0.1) is 0 Å². The van der Waals surface area contributed by atoms with Gasteiger partial charge in [0.15, 0.2) is 57.5 Å². The van der Waals surface area contributed by atoms with Gasteiger partial charge in [0.2, 0.25) is 0 Å². The minimum absolute atomic E-state index is 0.00141. The van der Waals surface area contributed by atoms with Crippen molar-refractivity contribution < 1.29 is 224 Å². The Hall–Kier alpha value is -19.5. The molecule has 0 spiro atoms. The van der Waals surface area contributed by atoms with Crippen LogP contribution in [0.25, 0.3) is 54.6 Å². The molecule has 0 unspecified atom stereocenters. The van der Waals surface area contributed by atoms with Crippen molar-refractivity contribution >= 4 is 170 Å². The third kappa shape index (κ3) is 24.9. The number of benzene rings is 11. The van der Waals surface area contributed by atoms with Gasteiger partial charge < -0.3 is 118 Å². The molecule has 12 N–H and O–H groups in total. The second kappa shape index (κ2) is 47.6. The molecule has 0 heterocycles. The van der Waals surface area contributed by atoms with Crippen LogP contribution in [0.5, 0.6) is 69.0 Å². The Balaban J connectivity index is 0.000000241. The zero-order valence-electron chi connectivity index (χ0n) is 64.6. The van der Waals surface area contributed by atoms with Gasteiger partial charge in [-0.25, -0.2) is 47.9 Å². The predicted molar refractivity (Wildman–Crippen MR) is 424 cm³/mol. The number of carbonyl (C=O) groups excluding carboxylic acids is 12. The van der Waals surface area contributed by atoms with Crippen molar-refractivity contribution in [2.45, 2.75) is 13.2 Å². The Kier molecular flexibility index (Phi) is 36.4. The van der Waals surface area contributed by atoms with Crippen molar-refractivity contribution in [1.29, 1.82) is 0 Å². The highest BCUT2D eigenvalue weighted by molar-refractivity contribution is 6.17. The minimum atomic E-state index is -1.53. The molecule has 11 aromatic carbocycles. The fourth-order valence-electron chi connectivity index (χ4n) is 11.5. The molecule has 0 bridgehead atoms. The van der Waals surface area contributed by atoms with Gasteiger partial charge in [0, 0.05) is 28.5 Å². The summed E-state index contributed by atoms with van der Waals surface area (Å²) in [5.74, 6) is -15.2. The van der Waals surface area contributed by atoms with Gasteiger partial charge >= 0.3 is 59.7 Å². The number of para-hydroxylation sites is 1. The molecule has 0 saturated heterocycles. The summed E-state index contributed by atoms with van der Waals surface area (Å²) in [6.07, 6.45) is 0. The molecule has 11 aromatic rings. The summed E-state index contributed by atoms with van der Waals surface area (Å²) < 4.78 is 55.9. The summed E-state index contributed by atoms with van der Waals surface area (Å²) in [6.45, 7) is 0.455. The number of rotatable bonds is 38. The highest BCUT2D eigenvalue weighted by atomic mass is 16.6. The van der Waals surface area contributed by atoms with Crippen LogP contribution in [-0.2, 0) is 70.7 Å². The average Bonchev–Trinajstić information content (AvgIpc) is 0.758. The zero-order valence-corrected chi connectivity index (χ0v) is 64.6. The topological polar surface area (TPSA) is 729 Å². The van der Waals surface area contributed by atoms with Gasteiger partial charge in [0.1, 0.15) is 11.5 Å². The molecular weight excluding hydrogens is 1740 g/mol. The van der Waals surface area contributed by atoms with Crippen LogP contribution in [0.4, 0.5) is 0 Å². The SMILES string of the molecule is O=COc1cc(C(=O)O)c(C(=O)O)cc1OC=O.O=COc1cc2cc(C(=O)O)c(C(=O)O)cc2cc1OC=O.O=COc1cc2ccc(C(=O)O)c(C(=O)O)c2cc1OC=O.O=COc1ccc(-c2ccc(C(=O)O)c(CO)c2)cc1OC=O.O=COc1ccc(C(=O)O)c2c(C(=O)O)ccc(OC=O)c12.O=COc1cccc(-c2ccc(C(=O)O)c(CO)c2)c1OC=O. The molecule has 46 nitrogen and oxygen atoms in total. The zero-order chi connectivity index (χ0) is 96.2. The van der Waals surface area contributed by atoms with Gasteiger partial charge in [-0.1, -0.05) is 36.4 Å². The van der Waals surface area contributed by atoms with E-state index < -0.39 is 106 Å². The first-order valence-electron chi connectivity index (χ1n) is 34.5. The number of carboxylic acid groups (broad SMARTS) is 10. The third-order valence-electron chi connectivity index (χ3n) is 16.8. The number of carboxylic acids is 10. The lowest BCUT2D eigenvalue weighted by molar-refractivity contribution is -0.123. The predicted octanol–water partition coefficient (Wildman–Crippen LogP) is 7.30. The van der Waals surface area contributed by atoms with Crippen molar-refractivity contribution in [3.8, 4) is 91.2 Å². The van der Waals surface area contributed by atoms with Crippen molar-refractivity contribution in [3.63, 3.8) is 0 Å². The standard InChI is InChI=1S/2C16H12O7.3C14H8O8.C10H6O8/c17-7-12-5-10(1-3-13(12)16(20)21)11-2-4-14(22-8-18)15(6-11)23-9-19;17-7-11-6-10(4-5-13(11)16(20)21)12-2-1-3-14(22-8-18)15(12)23-9-19;15-5-21-11-3-7-1-9(13(17)18)10(14(19)20)2-8(7)4-12(11)22-6-16;15-5-21-9-3-1-7(13(17)18)11-8(14(19)20)2-4-10(12(9)11)22-6-16;15-5-21-10-3-7-1-2-8(13(17)18)12(14(19)20)9(7)4-11(10)22-6-16;11-3-17-7-1-5(9(13)14)6(10(15)16)2-8(7)18-4-12/h2*1-6,8-9,17H,7H2,(H,20,21);3*1-6H,(H,17,18)(H,19,20);1-4H,(H,13,14)(H,15,16). The van der Waals surface area contributed by atoms with E-state index in [1.165, 1.54) is 84.9 Å². The van der Waals surface area contributed by atoms with Gasteiger partial charge in [0.05, 0.1) is 74.2 Å². The molecule has 11 rings (SSSR count). The van der Waals surface area contributed by atoms with Crippen LogP contribution in [0.1, 0.15) is 115 Å². The lowest BCUT2D eigenvalue weighted by Gasteiger charge is -2.12. The van der Waals surface area contributed by atoms with E-state index in [2.05, 4.69) is 28.4 Å². The first kappa shape index (κ1) is 99.3. The Morgan fingerprint density at radius 2 is 0.515 bits per heavy atom. The summed E-state index contributed by atoms with van der Waals surface area (Å²) >= 11 is 0. The lowest BCUT2D eigenvalue weighted by Crippen LogP contribution is -2.09. The molecule has 0 fully saturated rings. The second-order valence-corrected chi connectivity index (χ2v) is 23.8. The van der Waals surface area contributed by atoms with E-state index in [0.29, 0.717) is 38.4 Å². The average molecular weight is 1800 g/mol. The first-order chi connectivity index (χ1) is 62.2. The molecule has 0 radical (unpaired) electrons. The van der Waals surface area contributed by atoms with Gasteiger partial charge in [-0.2, -0.15) is 0 Å². The number of carbonyl (C=O) groups is 22. The summed E-state index contributed by atoms with van der Waals surface area (Å²) in [5.41, 5.74) is -1.05. The highest BCUT2D eigenvalue weighted by Gasteiger charge is 2.27. The van der Waals surface area contributed by atoms with E-state index >= 15 is 0 Å². The number of aromatic carboxylic acids is 10. The van der Waals surface area contributed by atoms with Crippen molar-refractivity contribution in [2.75, 3.05) is 0 Å². The number of ether oxygens (including phenoxy) is 12. The van der Waals surface area contributed by atoms with Crippen molar-refractivity contribution in [2.24, 2.45) is 0 Å². The number of fused-ring (bicyclic) bond motifs is 3. The fraction of sp³-hybridized carbons (Fsp3) is 0.0238. The first-order valence-corrected chi connectivity index (χ1v) is 34.5. The van der Waals surface area contributed by atoms with Gasteiger partial charge in [-0.05, 0) is 153 Å². The molecule has 46 heteroatoms. The van der Waals surface area contributed by atoms with Crippen LogP contribution in [0.2, 0.25) is 0 Å². The Morgan fingerprint density at radius 1 is 0.223 bits per heavy atom. The maximum absolute atomic E-state index is 11.4. The van der Waals surface area contributed by atoms with Crippen molar-refractivity contribution in [3.05, 3.63) is 224 Å². The monoisotopic (exact) mass is 1800 g/mol. The fourth-order valence-corrected chi connectivity index (χ4v) is 11.5. The van der Waals surface area contributed by atoms with Crippen LogP contribution < -0.4 is 56.8 Å². The van der Waals surface area contributed by atoms with Gasteiger partial charge in [-0.15, -0.1) is 0 Å². The molecular formula is C84H54O46. The number of hydrogen-bond donors (Lipinski definition) is 12. The molecule has 0 atom stereocenters. The Labute approximate surface area is 719 Å². The molecule has 0 aliphatic rings. The molecule has 0 aliphatic carbocycles. The third-order valence-corrected chi connectivity index (χ3v) is 16.8. The highest BCUT2D eigenvalue weighted by Crippen LogP contribution is 2.42. The van der Waals surface area contributed by atoms with E-state index in [1.807, 2.05) is 0 Å².